The Balaban J connectivity index is 2.30. The molecule has 2 aromatic rings. The highest BCUT2D eigenvalue weighted by molar-refractivity contribution is 14.1. The lowest BCUT2D eigenvalue weighted by Crippen LogP contribution is -2.12. The first-order valence-electron chi connectivity index (χ1n) is 4.91. The molecule has 1 N–H and O–H groups in total. The van der Waals surface area contributed by atoms with E-state index in [1.54, 1.807) is 42.5 Å². The van der Waals surface area contributed by atoms with Crippen LogP contribution in [0.15, 0.2) is 59.5 Å². The first-order chi connectivity index (χ1) is 8.08. The molecule has 88 valence electrons. The van der Waals surface area contributed by atoms with Crippen LogP contribution in [0.5, 0.6) is 0 Å². The molecule has 0 aromatic heterocycles. The van der Waals surface area contributed by atoms with Crippen molar-refractivity contribution in [2.45, 2.75) is 4.90 Å². The number of nitrogens with one attached hydrogen (secondary N) is 1. The molecule has 0 bridgehead atoms. The summed E-state index contributed by atoms with van der Waals surface area (Å²) in [5, 5.41) is 0. The molecule has 2 aromatic carbocycles. The largest absolute Gasteiger partial charge is 0.280 e. The molecule has 2 rings (SSSR count). The van der Waals surface area contributed by atoms with Gasteiger partial charge in [-0.05, 0) is 52.9 Å². The lowest BCUT2D eigenvalue weighted by atomic mass is 10.3. The van der Waals surface area contributed by atoms with E-state index in [0.717, 1.165) is 3.57 Å². The molecule has 0 atom stereocenters. The van der Waals surface area contributed by atoms with Crippen molar-refractivity contribution in [3.63, 3.8) is 0 Å². The fourth-order valence-corrected chi connectivity index (χ4v) is 2.98. The molecule has 0 aliphatic rings. The van der Waals surface area contributed by atoms with Gasteiger partial charge in [-0.3, -0.25) is 4.72 Å². The Labute approximate surface area is 114 Å². The summed E-state index contributed by atoms with van der Waals surface area (Å²) in [7, 11) is -3.48. The standard InChI is InChI=1S/C12H10INO2S/c13-10-5-4-6-11(9-10)14-17(15,16)12-7-2-1-3-8-12/h1-9,14H. The summed E-state index contributed by atoms with van der Waals surface area (Å²) in [6.07, 6.45) is 0. The summed E-state index contributed by atoms with van der Waals surface area (Å²) in [6, 6.07) is 15.5. The maximum absolute atomic E-state index is 12.0. The number of hydrogen-bond donors (Lipinski definition) is 1. The van der Waals surface area contributed by atoms with E-state index in [1.807, 2.05) is 12.1 Å². The Morgan fingerprint density at radius 2 is 1.65 bits per heavy atom. The second kappa shape index (κ2) is 5.05. The highest BCUT2D eigenvalue weighted by atomic mass is 127. The van der Waals surface area contributed by atoms with Crippen LogP contribution >= 0.6 is 22.6 Å². The van der Waals surface area contributed by atoms with E-state index in [2.05, 4.69) is 27.3 Å². The van der Waals surface area contributed by atoms with E-state index >= 15 is 0 Å². The Morgan fingerprint density at radius 3 is 2.29 bits per heavy atom. The molecule has 0 saturated carbocycles. The van der Waals surface area contributed by atoms with Gasteiger partial charge < -0.3 is 0 Å². The molecule has 0 aliphatic heterocycles. The predicted octanol–water partition coefficient (Wildman–Crippen LogP) is 3.09. The summed E-state index contributed by atoms with van der Waals surface area (Å²) in [5.74, 6) is 0. The van der Waals surface area contributed by atoms with E-state index in [1.165, 1.54) is 0 Å². The van der Waals surface area contributed by atoms with Crippen molar-refractivity contribution in [2.24, 2.45) is 0 Å². The topological polar surface area (TPSA) is 46.2 Å². The fourth-order valence-electron chi connectivity index (χ4n) is 1.37. The second-order valence-corrected chi connectivity index (χ2v) is 6.36. The smallest absolute Gasteiger partial charge is 0.261 e. The minimum Gasteiger partial charge on any atom is -0.280 e. The molecule has 0 amide bonds. The molecular formula is C12H10INO2S. The number of anilines is 1. The van der Waals surface area contributed by atoms with E-state index in [9.17, 15) is 8.42 Å². The summed E-state index contributed by atoms with van der Waals surface area (Å²) in [6.45, 7) is 0. The number of rotatable bonds is 3. The Kier molecular flexibility index (Phi) is 3.68. The minimum absolute atomic E-state index is 0.263. The molecular weight excluding hydrogens is 349 g/mol. The highest BCUT2D eigenvalue weighted by Gasteiger charge is 2.12. The average Bonchev–Trinajstić information content (AvgIpc) is 2.29. The van der Waals surface area contributed by atoms with Crippen molar-refractivity contribution in [2.75, 3.05) is 4.72 Å². The van der Waals surface area contributed by atoms with Crippen LogP contribution in [0.3, 0.4) is 0 Å². The molecule has 0 saturated heterocycles. The summed E-state index contributed by atoms with van der Waals surface area (Å²) in [4.78, 5) is 0.263. The molecule has 0 unspecified atom stereocenters. The third-order valence-electron chi connectivity index (χ3n) is 2.13. The molecule has 0 radical (unpaired) electrons. The first kappa shape index (κ1) is 12.4. The van der Waals surface area contributed by atoms with Gasteiger partial charge in [-0.1, -0.05) is 24.3 Å². The highest BCUT2D eigenvalue weighted by Crippen LogP contribution is 2.17. The van der Waals surface area contributed by atoms with E-state index < -0.39 is 10.0 Å². The van der Waals surface area contributed by atoms with Crippen LogP contribution in [0.2, 0.25) is 0 Å². The third kappa shape index (κ3) is 3.19. The molecule has 17 heavy (non-hydrogen) atoms. The van der Waals surface area contributed by atoms with Gasteiger partial charge in [0, 0.05) is 9.26 Å². The van der Waals surface area contributed by atoms with Crippen LogP contribution in [0.25, 0.3) is 0 Å². The zero-order valence-electron chi connectivity index (χ0n) is 8.80. The van der Waals surface area contributed by atoms with Gasteiger partial charge in [0.05, 0.1) is 4.90 Å². The van der Waals surface area contributed by atoms with Crippen LogP contribution in [0, 0.1) is 3.57 Å². The number of benzene rings is 2. The maximum atomic E-state index is 12.0. The fraction of sp³-hybridized carbons (Fsp3) is 0. The Morgan fingerprint density at radius 1 is 0.941 bits per heavy atom. The average molecular weight is 359 g/mol. The SMILES string of the molecule is O=S(=O)(Nc1cccc(I)c1)c1ccccc1. The van der Waals surface area contributed by atoms with Crippen LogP contribution < -0.4 is 4.72 Å². The number of sulfonamides is 1. The zero-order valence-corrected chi connectivity index (χ0v) is 11.8. The van der Waals surface area contributed by atoms with Crippen molar-refractivity contribution in [1.29, 1.82) is 0 Å². The van der Waals surface area contributed by atoms with Gasteiger partial charge in [0.25, 0.3) is 10.0 Å². The molecule has 0 fully saturated rings. The van der Waals surface area contributed by atoms with Crippen molar-refractivity contribution in [1.82, 2.24) is 0 Å². The van der Waals surface area contributed by atoms with Crippen LogP contribution in [0.4, 0.5) is 5.69 Å². The van der Waals surface area contributed by atoms with Crippen molar-refractivity contribution in [3.8, 4) is 0 Å². The molecule has 0 spiro atoms. The van der Waals surface area contributed by atoms with Gasteiger partial charge >= 0.3 is 0 Å². The van der Waals surface area contributed by atoms with E-state index in [0.29, 0.717) is 5.69 Å². The molecule has 0 heterocycles. The number of halogens is 1. The van der Waals surface area contributed by atoms with Gasteiger partial charge in [0.2, 0.25) is 0 Å². The van der Waals surface area contributed by atoms with Gasteiger partial charge in [0.15, 0.2) is 0 Å². The van der Waals surface area contributed by atoms with E-state index in [4.69, 9.17) is 0 Å². The monoisotopic (exact) mass is 359 g/mol. The van der Waals surface area contributed by atoms with Crippen LogP contribution in [-0.4, -0.2) is 8.42 Å². The third-order valence-corrected chi connectivity index (χ3v) is 4.20. The number of hydrogen-bond acceptors (Lipinski definition) is 2. The van der Waals surface area contributed by atoms with Gasteiger partial charge in [0.1, 0.15) is 0 Å². The first-order valence-corrected chi connectivity index (χ1v) is 7.47. The predicted molar refractivity (Wildman–Crippen MR) is 76.4 cm³/mol. The Bertz CT molecular complexity index is 611. The van der Waals surface area contributed by atoms with Gasteiger partial charge in [-0.25, -0.2) is 8.42 Å². The van der Waals surface area contributed by atoms with Crippen LogP contribution in [0.1, 0.15) is 0 Å². The normalized spacial score (nSPS) is 11.1. The molecule has 5 heteroatoms. The van der Waals surface area contributed by atoms with Gasteiger partial charge in [-0.15, -0.1) is 0 Å². The minimum atomic E-state index is -3.48. The second-order valence-electron chi connectivity index (χ2n) is 3.43. The summed E-state index contributed by atoms with van der Waals surface area (Å²) in [5.41, 5.74) is 0.570. The van der Waals surface area contributed by atoms with Crippen molar-refractivity contribution >= 4 is 38.3 Å². The summed E-state index contributed by atoms with van der Waals surface area (Å²) >= 11 is 2.14. The van der Waals surface area contributed by atoms with Crippen molar-refractivity contribution in [3.05, 3.63) is 58.2 Å². The summed E-state index contributed by atoms with van der Waals surface area (Å²) < 4.78 is 27.5. The molecule has 0 aliphatic carbocycles. The maximum Gasteiger partial charge on any atom is 0.261 e. The van der Waals surface area contributed by atoms with Crippen LogP contribution in [-0.2, 0) is 10.0 Å². The van der Waals surface area contributed by atoms with Crippen molar-refractivity contribution < 1.29 is 8.42 Å². The quantitative estimate of drug-likeness (QED) is 0.857. The van der Waals surface area contributed by atoms with E-state index in [-0.39, 0.29) is 4.90 Å². The zero-order chi connectivity index (χ0) is 12.3. The lowest BCUT2D eigenvalue weighted by Gasteiger charge is -2.07. The lowest BCUT2D eigenvalue weighted by molar-refractivity contribution is 0.601. The molecule has 3 nitrogen and oxygen atoms in total. The van der Waals surface area contributed by atoms with Gasteiger partial charge in [-0.2, -0.15) is 0 Å². The Hall–Kier alpha value is -1.08.